The number of nitrogens with two attached hydrogens (primary N) is 1. The molecule has 1 aromatic heterocycles. The van der Waals surface area contributed by atoms with Gasteiger partial charge in [0.25, 0.3) is 5.91 Å². The fourth-order valence-electron chi connectivity index (χ4n) is 3.25. The van der Waals surface area contributed by atoms with Gasteiger partial charge < -0.3 is 25.4 Å². The highest BCUT2D eigenvalue weighted by molar-refractivity contribution is 6.06. The SMILES string of the molecule is COc1ccc(OC)c(C(=O)Nc2ccc(N3CCC[C@@H](C(N)=O)C3)nc2)c1. The Morgan fingerprint density at radius 1 is 1.21 bits per heavy atom. The van der Waals surface area contributed by atoms with Crippen LogP contribution in [0.4, 0.5) is 11.5 Å². The van der Waals surface area contributed by atoms with E-state index >= 15 is 0 Å². The summed E-state index contributed by atoms with van der Waals surface area (Å²) in [6.45, 7) is 1.39. The lowest BCUT2D eigenvalue weighted by Crippen LogP contribution is -2.41. The molecule has 1 aliphatic rings. The highest BCUT2D eigenvalue weighted by atomic mass is 16.5. The third-order valence-corrected chi connectivity index (χ3v) is 4.80. The second-order valence-electron chi connectivity index (χ2n) is 6.61. The number of nitrogens with one attached hydrogen (secondary N) is 1. The molecule has 0 spiro atoms. The molecular formula is C20H24N4O4. The minimum atomic E-state index is -0.322. The first-order valence-electron chi connectivity index (χ1n) is 9.05. The second kappa shape index (κ2) is 8.60. The van der Waals surface area contributed by atoms with Crippen LogP contribution in [-0.4, -0.2) is 44.1 Å². The molecule has 0 radical (unpaired) electrons. The van der Waals surface area contributed by atoms with Gasteiger partial charge in [0.2, 0.25) is 5.91 Å². The van der Waals surface area contributed by atoms with Gasteiger partial charge in [0, 0.05) is 13.1 Å². The Bertz CT molecular complexity index is 854. The summed E-state index contributed by atoms with van der Waals surface area (Å²) in [7, 11) is 3.04. The lowest BCUT2D eigenvalue weighted by molar-refractivity contribution is -0.122. The number of carbonyl (C=O) groups is 2. The molecular weight excluding hydrogens is 360 g/mol. The molecule has 0 bridgehead atoms. The number of nitrogens with zero attached hydrogens (tertiary/aromatic N) is 2. The van der Waals surface area contributed by atoms with Crippen LogP contribution >= 0.6 is 0 Å². The van der Waals surface area contributed by atoms with Crippen LogP contribution in [0.3, 0.4) is 0 Å². The van der Waals surface area contributed by atoms with E-state index in [1.165, 1.54) is 14.2 Å². The van der Waals surface area contributed by atoms with E-state index in [0.717, 1.165) is 25.2 Å². The molecule has 1 aromatic carbocycles. The Morgan fingerprint density at radius 3 is 2.68 bits per heavy atom. The van der Waals surface area contributed by atoms with Gasteiger partial charge in [-0.05, 0) is 43.2 Å². The van der Waals surface area contributed by atoms with Crippen molar-refractivity contribution < 1.29 is 19.1 Å². The lowest BCUT2D eigenvalue weighted by atomic mass is 9.97. The number of carbonyl (C=O) groups excluding carboxylic acids is 2. The first kappa shape index (κ1) is 19.5. The van der Waals surface area contributed by atoms with E-state index in [2.05, 4.69) is 10.3 Å². The molecule has 1 saturated heterocycles. The molecule has 148 valence electrons. The standard InChI is InChI=1S/C20H24N4O4/c1-27-15-6-7-17(28-2)16(10-15)20(26)23-14-5-8-18(22-11-14)24-9-3-4-13(12-24)19(21)25/h5-8,10-11,13H,3-4,9,12H2,1-2H3,(H2,21,25)(H,23,26)/t13-/m1/s1. The number of aromatic nitrogens is 1. The van der Waals surface area contributed by atoms with Gasteiger partial charge in [0.15, 0.2) is 0 Å². The maximum absolute atomic E-state index is 12.6. The van der Waals surface area contributed by atoms with Crippen LogP contribution in [0.2, 0.25) is 0 Å². The quantitative estimate of drug-likeness (QED) is 0.789. The third kappa shape index (κ3) is 4.33. The number of anilines is 2. The highest BCUT2D eigenvalue weighted by Gasteiger charge is 2.24. The molecule has 0 unspecified atom stereocenters. The van der Waals surface area contributed by atoms with E-state index < -0.39 is 0 Å². The van der Waals surface area contributed by atoms with Crippen LogP contribution < -0.4 is 25.4 Å². The Morgan fingerprint density at radius 2 is 2.04 bits per heavy atom. The van der Waals surface area contributed by atoms with Crippen molar-refractivity contribution in [3.8, 4) is 11.5 Å². The molecule has 1 atom stereocenters. The maximum Gasteiger partial charge on any atom is 0.259 e. The zero-order chi connectivity index (χ0) is 20.1. The number of hydrogen-bond donors (Lipinski definition) is 2. The zero-order valence-corrected chi connectivity index (χ0v) is 16.0. The topological polar surface area (TPSA) is 107 Å². The Balaban J connectivity index is 1.71. The predicted molar refractivity (Wildman–Crippen MR) is 106 cm³/mol. The summed E-state index contributed by atoms with van der Waals surface area (Å²) in [6.07, 6.45) is 3.29. The summed E-state index contributed by atoms with van der Waals surface area (Å²) in [5.41, 5.74) is 6.36. The van der Waals surface area contributed by atoms with Gasteiger partial charge in [-0.2, -0.15) is 0 Å². The minimum absolute atomic E-state index is 0.157. The van der Waals surface area contributed by atoms with Gasteiger partial charge in [-0.1, -0.05) is 0 Å². The Hall–Kier alpha value is -3.29. The predicted octanol–water partition coefficient (Wildman–Crippen LogP) is 2.05. The third-order valence-electron chi connectivity index (χ3n) is 4.80. The number of rotatable bonds is 6. The fourth-order valence-corrected chi connectivity index (χ4v) is 3.25. The van der Waals surface area contributed by atoms with Crippen molar-refractivity contribution in [3.63, 3.8) is 0 Å². The van der Waals surface area contributed by atoms with Crippen molar-refractivity contribution >= 4 is 23.3 Å². The van der Waals surface area contributed by atoms with E-state index in [0.29, 0.717) is 29.3 Å². The molecule has 2 amide bonds. The van der Waals surface area contributed by atoms with Gasteiger partial charge in [-0.25, -0.2) is 4.98 Å². The Labute approximate surface area is 163 Å². The fraction of sp³-hybridized carbons (Fsp3) is 0.350. The smallest absolute Gasteiger partial charge is 0.259 e. The Kier molecular flexibility index (Phi) is 5.98. The second-order valence-corrected chi connectivity index (χ2v) is 6.61. The average Bonchev–Trinajstić information content (AvgIpc) is 2.73. The molecule has 0 aliphatic carbocycles. The summed E-state index contributed by atoms with van der Waals surface area (Å²) in [5.74, 6) is 1.01. The largest absolute Gasteiger partial charge is 0.497 e. The van der Waals surface area contributed by atoms with Gasteiger partial charge in [0.1, 0.15) is 17.3 Å². The van der Waals surface area contributed by atoms with Gasteiger partial charge in [-0.15, -0.1) is 0 Å². The van der Waals surface area contributed by atoms with Crippen LogP contribution in [0.15, 0.2) is 36.5 Å². The zero-order valence-electron chi connectivity index (χ0n) is 16.0. The summed E-state index contributed by atoms with van der Waals surface area (Å²) in [4.78, 5) is 30.5. The number of piperidine rings is 1. The van der Waals surface area contributed by atoms with Crippen LogP contribution in [0.5, 0.6) is 11.5 Å². The van der Waals surface area contributed by atoms with E-state index in [1.54, 1.807) is 30.5 Å². The molecule has 1 aliphatic heterocycles. The van der Waals surface area contributed by atoms with Gasteiger partial charge in [-0.3, -0.25) is 9.59 Å². The van der Waals surface area contributed by atoms with Crippen molar-refractivity contribution in [1.82, 2.24) is 4.98 Å². The first-order chi connectivity index (χ1) is 13.5. The highest BCUT2D eigenvalue weighted by Crippen LogP contribution is 2.26. The molecule has 8 nitrogen and oxygen atoms in total. The van der Waals surface area contributed by atoms with Crippen molar-refractivity contribution in [2.45, 2.75) is 12.8 Å². The summed E-state index contributed by atoms with van der Waals surface area (Å²) < 4.78 is 10.4. The molecule has 1 fully saturated rings. The average molecular weight is 384 g/mol. The molecule has 3 N–H and O–H groups in total. The minimum Gasteiger partial charge on any atom is -0.497 e. The van der Waals surface area contributed by atoms with Crippen molar-refractivity contribution in [2.75, 3.05) is 37.5 Å². The van der Waals surface area contributed by atoms with Gasteiger partial charge >= 0.3 is 0 Å². The lowest BCUT2D eigenvalue weighted by Gasteiger charge is -2.32. The number of pyridine rings is 1. The molecule has 8 heteroatoms. The van der Waals surface area contributed by atoms with Crippen LogP contribution in [0.25, 0.3) is 0 Å². The van der Waals surface area contributed by atoms with Crippen molar-refractivity contribution in [2.24, 2.45) is 11.7 Å². The number of amides is 2. The van der Waals surface area contributed by atoms with E-state index in [4.69, 9.17) is 15.2 Å². The number of hydrogen-bond acceptors (Lipinski definition) is 6. The molecule has 28 heavy (non-hydrogen) atoms. The van der Waals surface area contributed by atoms with Crippen LogP contribution in [0, 0.1) is 5.92 Å². The molecule has 2 heterocycles. The van der Waals surface area contributed by atoms with Gasteiger partial charge in [0.05, 0.1) is 37.6 Å². The summed E-state index contributed by atoms with van der Waals surface area (Å²) in [6, 6.07) is 8.63. The van der Waals surface area contributed by atoms with E-state index in [9.17, 15) is 9.59 Å². The summed E-state index contributed by atoms with van der Waals surface area (Å²) >= 11 is 0. The number of ether oxygens (including phenoxy) is 2. The normalized spacial score (nSPS) is 16.4. The van der Waals surface area contributed by atoms with Crippen LogP contribution in [-0.2, 0) is 4.79 Å². The number of primary amides is 1. The first-order valence-corrected chi connectivity index (χ1v) is 9.05. The van der Waals surface area contributed by atoms with Crippen molar-refractivity contribution in [1.29, 1.82) is 0 Å². The van der Waals surface area contributed by atoms with E-state index in [1.807, 2.05) is 11.0 Å². The molecule has 0 saturated carbocycles. The van der Waals surface area contributed by atoms with Crippen molar-refractivity contribution in [3.05, 3.63) is 42.1 Å². The molecule has 3 rings (SSSR count). The monoisotopic (exact) mass is 384 g/mol. The number of benzene rings is 1. The van der Waals surface area contributed by atoms with Crippen LogP contribution in [0.1, 0.15) is 23.2 Å². The summed E-state index contributed by atoms with van der Waals surface area (Å²) in [5, 5.41) is 2.81. The number of methoxy groups -OCH3 is 2. The molecule has 2 aromatic rings. The maximum atomic E-state index is 12.6. The van der Waals surface area contributed by atoms with E-state index in [-0.39, 0.29) is 17.7 Å².